The lowest BCUT2D eigenvalue weighted by atomic mass is 9.88. The van der Waals surface area contributed by atoms with Crippen LogP contribution in [-0.2, 0) is 6.54 Å². The highest BCUT2D eigenvalue weighted by Gasteiger charge is 2.26. The Balaban J connectivity index is 1.74. The number of ether oxygens (including phenoxy) is 1. The van der Waals surface area contributed by atoms with Crippen LogP contribution >= 0.6 is 0 Å². The number of hydrogen-bond donors (Lipinski definition) is 1. The van der Waals surface area contributed by atoms with Crippen LogP contribution in [0.4, 0.5) is 0 Å². The molecule has 2 aromatic carbocycles. The summed E-state index contributed by atoms with van der Waals surface area (Å²) in [5, 5.41) is 0. The molecule has 0 spiro atoms. The third kappa shape index (κ3) is 3.97. The molecule has 2 aromatic rings. The van der Waals surface area contributed by atoms with Crippen LogP contribution in [0.1, 0.15) is 34.6 Å². The predicted molar refractivity (Wildman–Crippen MR) is 99.5 cm³/mol. The van der Waals surface area contributed by atoms with Gasteiger partial charge in [0.2, 0.25) is 0 Å². The lowest BCUT2D eigenvalue weighted by Gasteiger charge is -2.37. The summed E-state index contributed by atoms with van der Waals surface area (Å²) in [6, 6.07) is 15.4. The van der Waals surface area contributed by atoms with Crippen LogP contribution in [-0.4, -0.2) is 31.1 Å². The van der Waals surface area contributed by atoms with Gasteiger partial charge in [-0.15, -0.1) is 0 Å². The van der Waals surface area contributed by atoms with Crippen molar-refractivity contribution in [2.24, 2.45) is 5.73 Å². The Morgan fingerprint density at radius 2 is 1.83 bits per heavy atom. The minimum atomic E-state index is 0.232. The van der Waals surface area contributed by atoms with E-state index >= 15 is 0 Å². The lowest BCUT2D eigenvalue weighted by Crippen LogP contribution is -2.45. The molecule has 2 N–H and O–H groups in total. The zero-order valence-corrected chi connectivity index (χ0v) is 15.0. The molecule has 1 aliphatic heterocycles. The highest BCUT2D eigenvalue weighted by molar-refractivity contribution is 5.32. The van der Waals surface area contributed by atoms with Crippen LogP contribution in [0.2, 0.25) is 0 Å². The molecule has 128 valence electrons. The number of aryl methyl sites for hydroxylation is 2. The van der Waals surface area contributed by atoms with E-state index in [1.807, 2.05) is 12.1 Å². The van der Waals surface area contributed by atoms with Gasteiger partial charge >= 0.3 is 0 Å². The van der Waals surface area contributed by atoms with Crippen molar-refractivity contribution in [3.8, 4) is 5.75 Å². The Hall–Kier alpha value is -1.84. The number of methoxy groups -OCH3 is 1. The number of nitrogens with two attached hydrogens (primary N) is 1. The second-order valence-electron chi connectivity index (χ2n) is 7.09. The fraction of sp³-hybridized carbons (Fsp3) is 0.429. The second kappa shape index (κ2) is 7.37. The van der Waals surface area contributed by atoms with Gasteiger partial charge in [-0.1, -0.05) is 35.9 Å². The largest absolute Gasteiger partial charge is 0.497 e. The van der Waals surface area contributed by atoms with Gasteiger partial charge in [0, 0.05) is 25.7 Å². The fourth-order valence-corrected chi connectivity index (χ4v) is 3.69. The van der Waals surface area contributed by atoms with Gasteiger partial charge in [-0.25, -0.2) is 0 Å². The molecule has 1 saturated heterocycles. The first-order chi connectivity index (χ1) is 11.5. The smallest absolute Gasteiger partial charge is 0.118 e. The topological polar surface area (TPSA) is 38.5 Å². The fourth-order valence-electron chi connectivity index (χ4n) is 3.69. The van der Waals surface area contributed by atoms with Crippen LogP contribution in [0.3, 0.4) is 0 Å². The first-order valence-electron chi connectivity index (χ1n) is 8.73. The maximum absolute atomic E-state index is 6.36. The van der Waals surface area contributed by atoms with E-state index in [9.17, 15) is 0 Å². The maximum atomic E-state index is 6.36. The molecule has 1 aliphatic rings. The van der Waals surface area contributed by atoms with Gasteiger partial charge in [0.15, 0.2) is 0 Å². The molecule has 0 amide bonds. The second-order valence-corrected chi connectivity index (χ2v) is 7.09. The summed E-state index contributed by atoms with van der Waals surface area (Å²) in [5.41, 5.74) is 11.8. The SMILES string of the molecule is COc1ccc(C2CC(N)CN(Cc3cc(C)ccc3C)C2)cc1. The number of likely N-dealkylation sites (tertiary alicyclic amines) is 1. The van der Waals surface area contributed by atoms with Crippen molar-refractivity contribution in [1.82, 2.24) is 4.90 Å². The molecule has 2 atom stereocenters. The van der Waals surface area contributed by atoms with Gasteiger partial charge in [0.05, 0.1) is 7.11 Å². The Morgan fingerprint density at radius 3 is 2.54 bits per heavy atom. The summed E-state index contributed by atoms with van der Waals surface area (Å²) in [7, 11) is 1.71. The van der Waals surface area contributed by atoms with Crippen LogP contribution in [0.15, 0.2) is 42.5 Å². The molecular weight excluding hydrogens is 296 g/mol. The van der Waals surface area contributed by atoms with Gasteiger partial charge < -0.3 is 10.5 Å². The van der Waals surface area contributed by atoms with E-state index in [2.05, 4.69) is 49.1 Å². The van der Waals surface area contributed by atoms with Gasteiger partial charge in [-0.05, 0) is 55.0 Å². The van der Waals surface area contributed by atoms with Crippen molar-refractivity contribution < 1.29 is 4.74 Å². The third-order valence-electron chi connectivity index (χ3n) is 5.04. The minimum absolute atomic E-state index is 0.232. The molecule has 3 heteroatoms. The van der Waals surface area contributed by atoms with Gasteiger partial charge in [0.25, 0.3) is 0 Å². The first kappa shape index (κ1) is 17.0. The molecule has 2 unspecified atom stereocenters. The Kier molecular flexibility index (Phi) is 5.22. The number of benzene rings is 2. The normalized spacial score (nSPS) is 21.7. The average Bonchev–Trinajstić information content (AvgIpc) is 2.58. The molecular formula is C21H28N2O. The molecule has 1 heterocycles. The Morgan fingerprint density at radius 1 is 1.08 bits per heavy atom. The molecule has 3 nitrogen and oxygen atoms in total. The van der Waals surface area contributed by atoms with Crippen LogP contribution in [0.5, 0.6) is 5.75 Å². The number of hydrogen-bond acceptors (Lipinski definition) is 3. The summed E-state index contributed by atoms with van der Waals surface area (Å²) in [5.74, 6) is 1.40. The summed E-state index contributed by atoms with van der Waals surface area (Å²) < 4.78 is 5.27. The molecule has 0 aliphatic carbocycles. The quantitative estimate of drug-likeness (QED) is 0.933. The van der Waals surface area contributed by atoms with Crippen molar-refractivity contribution in [3.05, 3.63) is 64.7 Å². The van der Waals surface area contributed by atoms with Crippen molar-refractivity contribution in [2.45, 2.75) is 38.8 Å². The summed E-state index contributed by atoms with van der Waals surface area (Å²) >= 11 is 0. The van der Waals surface area contributed by atoms with Gasteiger partial charge in [0.1, 0.15) is 5.75 Å². The zero-order valence-electron chi connectivity index (χ0n) is 15.0. The van der Waals surface area contributed by atoms with E-state index in [0.717, 1.165) is 31.8 Å². The van der Waals surface area contributed by atoms with Crippen molar-refractivity contribution in [3.63, 3.8) is 0 Å². The predicted octanol–water partition coefficient (Wildman–Crippen LogP) is 3.63. The average molecular weight is 324 g/mol. The van der Waals surface area contributed by atoms with E-state index in [4.69, 9.17) is 10.5 Å². The van der Waals surface area contributed by atoms with Gasteiger partial charge in [-0.3, -0.25) is 4.90 Å². The summed E-state index contributed by atoms with van der Waals surface area (Å²) in [6.45, 7) is 7.37. The molecule has 0 bridgehead atoms. The van der Waals surface area contributed by atoms with E-state index < -0.39 is 0 Å². The van der Waals surface area contributed by atoms with E-state index in [-0.39, 0.29) is 6.04 Å². The van der Waals surface area contributed by atoms with Crippen LogP contribution < -0.4 is 10.5 Å². The van der Waals surface area contributed by atoms with E-state index in [1.165, 1.54) is 22.3 Å². The third-order valence-corrected chi connectivity index (χ3v) is 5.04. The van der Waals surface area contributed by atoms with Crippen LogP contribution in [0, 0.1) is 13.8 Å². The van der Waals surface area contributed by atoms with E-state index in [1.54, 1.807) is 7.11 Å². The molecule has 1 fully saturated rings. The Bertz CT molecular complexity index is 681. The Labute approximate surface area is 145 Å². The van der Waals surface area contributed by atoms with Crippen LogP contribution in [0.25, 0.3) is 0 Å². The minimum Gasteiger partial charge on any atom is -0.497 e. The number of nitrogens with zero attached hydrogens (tertiary/aromatic N) is 1. The highest BCUT2D eigenvalue weighted by Crippen LogP contribution is 2.29. The highest BCUT2D eigenvalue weighted by atomic mass is 16.5. The zero-order chi connectivity index (χ0) is 17.1. The lowest BCUT2D eigenvalue weighted by molar-refractivity contribution is 0.181. The first-order valence-corrected chi connectivity index (χ1v) is 8.73. The van der Waals surface area contributed by atoms with Crippen molar-refractivity contribution >= 4 is 0 Å². The van der Waals surface area contributed by atoms with Crippen molar-refractivity contribution in [1.29, 1.82) is 0 Å². The standard InChI is InChI=1S/C21H28N2O/c1-15-4-5-16(2)18(10-15)12-23-13-19(11-20(22)14-23)17-6-8-21(24-3)9-7-17/h4-10,19-20H,11-14,22H2,1-3H3. The summed E-state index contributed by atoms with van der Waals surface area (Å²) in [4.78, 5) is 2.50. The number of piperidine rings is 1. The molecule has 0 radical (unpaired) electrons. The van der Waals surface area contributed by atoms with E-state index in [0.29, 0.717) is 5.92 Å². The summed E-state index contributed by atoms with van der Waals surface area (Å²) in [6.07, 6.45) is 1.05. The maximum Gasteiger partial charge on any atom is 0.118 e. The van der Waals surface area contributed by atoms with Gasteiger partial charge in [-0.2, -0.15) is 0 Å². The van der Waals surface area contributed by atoms with Crippen molar-refractivity contribution in [2.75, 3.05) is 20.2 Å². The molecule has 0 aromatic heterocycles. The number of rotatable bonds is 4. The molecule has 24 heavy (non-hydrogen) atoms. The monoisotopic (exact) mass is 324 g/mol. The molecule has 3 rings (SSSR count). The molecule has 0 saturated carbocycles.